The smallest absolute Gasteiger partial charge is 0.160 e. The molecule has 4 heteroatoms. The van der Waals surface area contributed by atoms with Gasteiger partial charge in [0.25, 0.3) is 0 Å². The minimum atomic E-state index is -2.33. The van der Waals surface area contributed by atoms with Crippen LogP contribution in [0.5, 0.6) is 0 Å². The van der Waals surface area contributed by atoms with E-state index in [0.29, 0.717) is 0 Å². The largest absolute Gasteiger partial charge is 0.227 e. The summed E-state index contributed by atoms with van der Waals surface area (Å²) in [7, 11) is -2.33. The average molecular weight is 290 g/mol. The van der Waals surface area contributed by atoms with Gasteiger partial charge >= 0.3 is 0 Å². The monoisotopic (exact) mass is 290 g/mol. The summed E-state index contributed by atoms with van der Waals surface area (Å²) in [5.41, 5.74) is 2.14. The summed E-state index contributed by atoms with van der Waals surface area (Å²) < 4.78 is 31.2. The van der Waals surface area contributed by atoms with Crippen molar-refractivity contribution in [2.45, 2.75) is 0 Å². The fourth-order valence-electron chi connectivity index (χ4n) is 1.33. The highest BCUT2D eigenvalue weighted by Gasteiger charge is 1.89. The van der Waals surface area contributed by atoms with E-state index in [-0.39, 0.29) is 5.82 Å². The number of hydrogen-bond donors (Lipinski definition) is 1. The first-order chi connectivity index (χ1) is 9.61. The predicted molar refractivity (Wildman–Crippen MR) is 82.3 cm³/mol. The molecule has 0 aliphatic heterocycles. The Morgan fingerprint density at radius 3 is 1.75 bits per heavy atom. The number of hydrogen-bond acceptors (Lipinski definition) is 2. The third kappa shape index (κ3) is 6.66. The van der Waals surface area contributed by atoms with E-state index in [9.17, 15) is 12.8 Å². The average Bonchev–Trinajstić information content (AvgIpc) is 2.48. The highest BCUT2D eigenvalue weighted by molar-refractivity contribution is 7.75. The Morgan fingerprint density at radius 1 is 0.850 bits per heavy atom. The van der Waals surface area contributed by atoms with Crippen LogP contribution in [0.15, 0.2) is 66.6 Å². The molecule has 104 valence electrons. The van der Waals surface area contributed by atoms with Crippen molar-refractivity contribution in [2.75, 3.05) is 0 Å². The molecule has 0 spiro atoms. The number of halogens is 1. The van der Waals surface area contributed by atoms with Crippen molar-refractivity contribution in [1.82, 2.24) is 0 Å². The molecular formula is C16H15FO2S. The van der Waals surface area contributed by atoms with E-state index in [1.54, 1.807) is 12.1 Å². The Balaban J connectivity index is 0.000000347. The molecule has 0 N–H and O–H groups in total. The Labute approximate surface area is 119 Å². The van der Waals surface area contributed by atoms with E-state index in [0.717, 1.165) is 16.5 Å². The molecule has 0 aliphatic carbocycles. The first-order valence-electron chi connectivity index (χ1n) is 5.86. The molecule has 0 bridgehead atoms. The maximum atomic E-state index is 12.6. The summed E-state index contributed by atoms with van der Waals surface area (Å²) in [5, 5.41) is 0.870. The van der Waals surface area contributed by atoms with E-state index in [2.05, 4.69) is 6.58 Å². The summed E-state index contributed by atoms with van der Waals surface area (Å²) in [6, 6.07) is 16.5. The summed E-state index contributed by atoms with van der Waals surface area (Å²) >= 11 is 0. The molecule has 2 rings (SSSR count). The zero-order valence-electron chi connectivity index (χ0n) is 10.8. The molecule has 2 nitrogen and oxygen atoms in total. The molecule has 2 aromatic carbocycles. The van der Waals surface area contributed by atoms with Crippen LogP contribution in [0.2, 0.25) is 0 Å². The van der Waals surface area contributed by atoms with Crippen LogP contribution >= 0.6 is 0 Å². The van der Waals surface area contributed by atoms with Gasteiger partial charge in [-0.05, 0) is 23.3 Å². The van der Waals surface area contributed by atoms with Gasteiger partial charge in [-0.25, -0.2) is 12.8 Å². The molecular weight excluding hydrogens is 275 g/mol. The second-order valence-corrected chi connectivity index (χ2v) is 4.70. The van der Waals surface area contributed by atoms with Crippen LogP contribution in [0, 0.1) is 5.82 Å². The molecule has 20 heavy (non-hydrogen) atoms. The summed E-state index contributed by atoms with van der Waals surface area (Å²) in [6.07, 6.45) is 3.97. The second-order valence-electron chi connectivity index (χ2n) is 3.76. The van der Waals surface area contributed by atoms with Crippen LogP contribution in [0.1, 0.15) is 11.1 Å². The lowest BCUT2D eigenvalue weighted by molar-refractivity contribution is 0.622. The predicted octanol–water partition coefficient (Wildman–Crippen LogP) is 3.74. The molecule has 0 aliphatic rings. The minimum Gasteiger partial charge on any atom is -0.227 e. The third-order valence-electron chi connectivity index (χ3n) is 2.29. The summed E-state index contributed by atoms with van der Waals surface area (Å²) in [6.45, 7) is 2.96. The maximum Gasteiger partial charge on any atom is 0.160 e. The van der Waals surface area contributed by atoms with Gasteiger partial charge in [-0.2, -0.15) is 0 Å². The van der Waals surface area contributed by atoms with Gasteiger partial charge < -0.3 is 0 Å². The zero-order chi connectivity index (χ0) is 14.8. The first-order valence-corrected chi connectivity index (χ1v) is 7.11. The van der Waals surface area contributed by atoms with Crippen LogP contribution in [0.3, 0.4) is 0 Å². The van der Waals surface area contributed by atoms with Gasteiger partial charge in [0.2, 0.25) is 0 Å². The van der Waals surface area contributed by atoms with Gasteiger partial charge in [-0.1, -0.05) is 61.2 Å². The summed E-state index contributed by atoms with van der Waals surface area (Å²) in [4.78, 5) is 0. The lowest BCUT2D eigenvalue weighted by Gasteiger charge is -1.93. The van der Waals surface area contributed by atoms with E-state index in [1.807, 2.05) is 42.5 Å². The van der Waals surface area contributed by atoms with Crippen molar-refractivity contribution in [3.63, 3.8) is 0 Å². The molecule has 0 aromatic heterocycles. The Morgan fingerprint density at radius 2 is 1.30 bits per heavy atom. The van der Waals surface area contributed by atoms with Crippen molar-refractivity contribution < 1.29 is 12.8 Å². The van der Waals surface area contributed by atoms with Crippen molar-refractivity contribution in [1.29, 1.82) is 0 Å². The highest BCUT2D eigenvalue weighted by Crippen LogP contribution is 2.08. The van der Waals surface area contributed by atoms with E-state index in [1.165, 1.54) is 12.1 Å². The molecule has 0 saturated heterocycles. The number of thiol groups is 1. The fourth-order valence-corrected chi connectivity index (χ4v) is 1.33. The van der Waals surface area contributed by atoms with Crippen LogP contribution in [-0.2, 0) is 10.7 Å². The van der Waals surface area contributed by atoms with Crippen LogP contribution < -0.4 is 0 Å². The number of rotatable bonds is 3. The molecule has 0 unspecified atom stereocenters. The van der Waals surface area contributed by atoms with Crippen molar-refractivity contribution in [2.24, 2.45) is 0 Å². The quantitative estimate of drug-likeness (QED) is 0.690. The molecule has 2 aromatic rings. The van der Waals surface area contributed by atoms with Gasteiger partial charge in [0.05, 0.1) is 0 Å². The molecule has 0 amide bonds. The van der Waals surface area contributed by atoms with Crippen molar-refractivity contribution >= 4 is 22.9 Å². The normalized spacial score (nSPS) is 10.1. The van der Waals surface area contributed by atoms with Gasteiger partial charge in [0.15, 0.2) is 10.7 Å². The lowest BCUT2D eigenvalue weighted by atomic mass is 10.1. The Kier molecular flexibility index (Phi) is 7.00. The van der Waals surface area contributed by atoms with Crippen LogP contribution in [0.4, 0.5) is 4.39 Å². The van der Waals surface area contributed by atoms with E-state index in [4.69, 9.17) is 0 Å². The highest BCUT2D eigenvalue weighted by atomic mass is 32.2. The maximum absolute atomic E-state index is 12.6. The lowest BCUT2D eigenvalue weighted by Crippen LogP contribution is -1.74. The van der Waals surface area contributed by atoms with Crippen LogP contribution in [-0.4, -0.2) is 8.42 Å². The molecule has 0 fully saturated rings. The Hall–Kier alpha value is -2.20. The van der Waals surface area contributed by atoms with E-state index >= 15 is 0 Å². The minimum absolute atomic E-state index is 0.202. The van der Waals surface area contributed by atoms with Crippen molar-refractivity contribution in [3.8, 4) is 0 Å². The van der Waals surface area contributed by atoms with Gasteiger partial charge in [-0.15, -0.1) is 0 Å². The topological polar surface area (TPSA) is 34.1 Å². The Bertz CT molecular complexity index is 621. The van der Waals surface area contributed by atoms with Gasteiger partial charge in [0.1, 0.15) is 5.82 Å². The molecule has 0 atom stereocenters. The molecule has 0 radical (unpaired) electrons. The third-order valence-corrected chi connectivity index (χ3v) is 2.59. The zero-order valence-corrected chi connectivity index (χ0v) is 11.7. The second kappa shape index (κ2) is 8.82. The van der Waals surface area contributed by atoms with E-state index < -0.39 is 10.7 Å². The summed E-state index contributed by atoms with van der Waals surface area (Å²) in [5.74, 6) is -0.202. The van der Waals surface area contributed by atoms with Gasteiger partial charge in [0, 0.05) is 5.41 Å². The van der Waals surface area contributed by atoms with Crippen LogP contribution in [0.25, 0.3) is 12.2 Å². The molecule has 0 heterocycles. The first kappa shape index (κ1) is 15.9. The fraction of sp³-hybridized carbons (Fsp3) is 0. The van der Waals surface area contributed by atoms with Gasteiger partial charge in [-0.3, -0.25) is 0 Å². The SMILES string of the molecule is C=C[SH](=O)=O.Fc1ccc(/C=C/c2ccccc2)cc1. The standard InChI is InChI=1S/C14H11F.C2H4O2S/c15-14-10-8-13(9-11-14)7-6-12-4-2-1-3-5-12;1-2-5(3)4/h1-11H;2,5H,1H2/b7-6+;. The van der Waals surface area contributed by atoms with Crippen molar-refractivity contribution in [3.05, 3.63) is 83.5 Å². The molecule has 0 saturated carbocycles. The number of benzene rings is 2.